The van der Waals surface area contributed by atoms with Crippen LogP contribution in [0.1, 0.15) is 0 Å². The van der Waals surface area contributed by atoms with Crippen LogP contribution in [0.25, 0.3) is 0 Å². The normalized spacial score (nSPS) is 12.0. The van der Waals surface area contributed by atoms with Crippen LogP contribution >= 0.6 is 0 Å². The van der Waals surface area contributed by atoms with Crippen molar-refractivity contribution < 1.29 is 8.85 Å². The molecular weight excluding hydrogens is 294 g/mol. The van der Waals surface area contributed by atoms with E-state index in [1.165, 1.54) is 0 Å². The second kappa shape index (κ2) is 6.47. The highest BCUT2D eigenvalue weighted by Crippen LogP contribution is 2.18. The molecule has 5 heteroatoms. The maximum atomic E-state index is 6.16. The molecule has 0 aliphatic heterocycles. The molecule has 0 saturated carbocycles. The quantitative estimate of drug-likeness (QED) is 0.812. The lowest BCUT2D eigenvalue weighted by atomic mass is 10.3. The standard InChI is InChI=1S/C16H23NO2Si2/c1-20(2,18-15-11-7-5-8-12-15)17-21(3,4)19-16-13-9-6-10-14-16/h5-14,17H,1-4H3. The summed E-state index contributed by atoms with van der Waals surface area (Å²) in [6.45, 7) is 8.62. The second-order valence-electron chi connectivity index (χ2n) is 5.98. The smallest absolute Gasteiger partial charge is 0.318 e. The van der Waals surface area contributed by atoms with Crippen LogP contribution in [0.4, 0.5) is 0 Å². The Balaban J connectivity index is 2.01. The fourth-order valence-corrected chi connectivity index (χ4v) is 10.0. The van der Waals surface area contributed by atoms with Gasteiger partial charge in [0.25, 0.3) is 0 Å². The van der Waals surface area contributed by atoms with Crippen molar-refractivity contribution in [2.45, 2.75) is 26.2 Å². The van der Waals surface area contributed by atoms with Crippen LogP contribution in [0.5, 0.6) is 11.5 Å². The Labute approximate surface area is 129 Å². The zero-order chi connectivity index (χ0) is 15.3. The predicted octanol–water partition coefficient (Wildman–Crippen LogP) is 4.14. The number of nitrogens with one attached hydrogen (secondary N) is 1. The maximum Gasteiger partial charge on any atom is 0.318 e. The minimum Gasteiger partial charge on any atom is -0.530 e. The lowest BCUT2D eigenvalue weighted by molar-refractivity contribution is 0.510. The van der Waals surface area contributed by atoms with Crippen LogP contribution in [-0.4, -0.2) is 17.0 Å². The van der Waals surface area contributed by atoms with E-state index in [1.54, 1.807) is 0 Å². The van der Waals surface area contributed by atoms with E-state index < -0.39 is 17.0 Å². The molecule has 0 aromatic heterocycles. The molecule has 0 radical (unpaired) electrons. The summed E-state index contributed by atoms with van der Waals surface area (Å²) in [6, 6.07) is 19.9. The molecule has 0 amide bonds. The first-order valence-electron chi connectivity index (χ1n) is 7.14. The molecule has 112 valence electrons. The molecule has 2 aromatic rings. The molecule has 0 saturated heterocycles. The molecule has 0 fully saturated rings. The summed E-state index contributed by atoms with van der Waals surface area (Å²) in [5.74, 6) is 1.82. The average Bonchev–Trinajstić information content (AvgIpc) is 2.38. The van der Waals surface area contributed by atoms with Gasteiger partial charge < -0.3 is 8.85 Å². The fraction of sp³-hybridized carbons (Fsp3) is 0.250. The Morgan fingerprint density at radius 2 is 0.952 bits per heavy atom. The zero-order valence-corrected chi connectivity index (χ0v) is 15.1. The van der Waals surface area contributed by atoms with Gasteiger partial charge in [0.05, 0.1) is 0 Å². The van der Waals surface area contributed by atoms with E-state index in [4.69, 9.17) is 8.85 Å². The highest BCUT2D eigenvalue weighted by atomic mass is 28.4. The van der Waals surface area contributed by atoms with E-state index in [2.05, 4.69) is 30.8 Å². The first-order valence-corrected chi connectivity index (χ1v) is 13.0. The van der Waals surface area contributed by atoms with Gasteiger partial charge in [0.2, 0.25) is 0 Å². The Kier molecular flexibility index (Phi) is 4.87. The summed E-state index contributed by atoms with van der Waals surface area (Å²) < 4.78 is 16.0. The van der Waals surface area contributed by atoms with Crippen molar-refractivity contribution in [2.75, 3.05) is 0 Å². The van der Waals surface area contributed by atoms with Crippen molar-refractivity contribution in [3.05, 3.63) is 60.7 Å². The summed E-state index contributed by atoms with van der Waals surface area (Å²) in [7, 11) is -4.09. The van der Waals surface area contributed by atoms with Gasteiger partial charge in [0.1, 0.15) is 11.5 Å². The molecule has 0 spiro atoms. The van der Waals surface area contributed by atoms with Crippen molar-refractivity contribution in [3.8, 4) is 11.5 Å². The lowest BCUT2D eigenvalue weighted by Crippen LogP contribution is -2.65. The van der Waals surface area contributed by atoms with Gasteiger partial charge in [-0.3, -0.25) is 4.65 Å². The number of para-hydroxylation sites is 2. The Morgan fingerprint density at radius 3 is 1.29 bits per heavy atom. The Hall–Kier alpha value is -1.57. The Bertz CT molecular complexity index is 508. The molecule has 0 aliphatic carbocycles. The second-order valence-corrected chi connectivity index (χ2v) is 13.4. The van der Waals surface area contributed by atoms with Gasteiger partial charge in [-0.1, -0.05) is 36.4 Å². The third-order valence-electron chi connectivity index (χ3n) is 2.83. The first-order chi connectivity index (χ1) is 9.86. The SMILES string of the molecule is C[Si](C)(N[Si](C)(C)Oc1ccccc1)Oc1ccccc1. The largest absolute Gasteiger partial charge is 0.530 e. The van der Waals surface area contributed by atoms with Gasteiger partial charge in [-0.2, -0.15) is 0 Å². The molecule has 21 heavy (non-hydrogen) atoms. The molecule has 2 aromatic carbocycles. The van der Waals surface area contributed by atoms with E-state index in [0.717, 1.165) is 11.5 Å². The lowest BCUT2D eigenvalue weighted by Gasteiger charge is -2.33. The maximum absolute atomic E-state index is 6.16. The van der Waals surface area contributed by atoms with Gasteiger partial charge in [0.15, 0.2) is 0 Å². The van der Waals surface area contributed by atoms with E-state index in [0.29, 0.717) is 0 Å². The number of rotatable bonds is 6. The molecule has 3 nitrogen and oxygen atoms in total. The van der Waals surface area contributed by atoms with E-state index >= 15 is 0 Å². The molecule has 0 heterocycles. The highest BCUT2D eigenvalue weighted by molar-refractivity contribution is 6.86. The van der Waals surface area contributed by atoms with Crippen molar-refractivity contribution >= 4 is 17.0 Å². The van der Waals surface area contributed by atoms with Gasteiger partial charge >= 0.3 is 17.0 Å². The summed E-state index contributed by atoms with van der Waals surface area (Å²) >= 11 is 0. The number of hydrogen-bond donors (Lipinski definition) is 1. The predicted molar refractivity (Wildman–Crippen MR) is 92.2 cm³/mol. The number of benzene rings is 2. The molecule has 0 bridgehead atoms. The van der Waals surface area contributed by atoms with E-state index in [-0.39, 0.29) is 0 Å². The van der Waals surface area contributed by atoms with Crippen molar-refractivity contribution in [1.29, 1.82) is 0 Å². The minimum absolute atomic E-state index is 0.908. The third kappa shape index (κ3) is 5.37. The van der Waals surface area contributed by atoms with Crippen molar-refractivity contribution in [2.24, 2.45) is 0 Å². The van der Waals surface area contributed by atoms with Gasteiger partial charge in [0, 0.05) is 0 Å². The van der Waals surface area contributed by atoms with E-state index in [1.807, 2.05) is 60.7 Å². The summed E-state index contributed by atoms with van der Waals surface area (Å²) in [5.41, 5.74) is 0. The minimum atomic E-state index is -2.05. The highest BCUT2D eigenvalue weighted by Gasteiger charge is 2.36. The van der Waals surface area contributed by atoms with Crippen LogP contribution < -0.4 is 13.5 Å². The van der Waals surface area contributed by atoms with Crippen LogP contribution in [0, 0.1) is 0 Å². The van der Waals surface area contributed by atoms with Gasteiger partial charge in [-0.25, -0.2) is 0 Å². The first kappa shape index (κ1) is 15.8. The Morgan fingerprint density at radius 1 is 0.619 bits per heavy atom. The molecule has 0 aliphatic rings. The summed E-state index contributed by atoms with van der Waals surface area (Å²) in [4.78, 5) is 0. The topological polar surface area (TPSA) is 30.5 Å². The third-order valence-corrected chi connectivity index (χ3v) is 9.14. The average molecular weight is 318 g/mol. The van der Waals surface area contributed by atoms with Crippen molar-refractivity contribution in [1.82, 2.24) is 4.65 Å². The summed E-state index contributed by atoms with van der Waals surface area (Å²) in [6.07, 6.45) is 0. The number of hydrogen-bond acceptors (Lipinski definition) is 3. The molecule has 0 unspecified atom stereocenters. The molecule has 0 atom stereocenters. The van der Waals surface area contributed by atoms with Crippen molar-refractivity contribution in [3.63, 3.8) is 0 Å². The van der Waals surface area contributed by atoms with E-state index in [9.17, 15) is 0 Å². The van der Waals surface area contributed by atoms with Crippen LogP contribution in [0.3, 0.4) is 0 Å². The molecular formula is C16H23NO2Si2. The monoisotopic (exact) mass is 317 g/mol. The van der Waals surface area contributed by atoms with Gasteiger partial charge in [-0.15, -0.1) is 0 Å². The zero-order valence-electron chi connectivity index (χ0n) is 13.1. The van der Waals surface area contributed by atoms with Crippen LogP contribution in [-0.2, 0) is 0 Å². The van der Waals surface area contributed by atoms with Crippen LogP contribution in [0.2, 0.25) is 26.2 Å². The van der Waals surface area contributed by atoms with Gasteiger partial charge in [-0.05, 0) is 50.5 Å². The molecule has 1 N–H and O–H groups in total. The molecule has 2 rings (SSSR count). The fourth-order valence-electron chi connectivity index (χ4n) is 2.34. The van der Waals surface area contributed by atoms with Crippen LogP contribution in [0.15, 0.2) is 60.7 Å². The summed E-state index contributed by atoms with van der Waals surface area (Å²) in [5, 5.41) is 0.